The van der Waals surface area contributed by atoms with Crippen LogP contribution in [0, 0.1) is 0 Å². The van der Waals surface area contributed by atoms with Crippen LogP contribution < -0.4 is 10.6 Å². The molecule has 0 bridgehead atoms. The van der Waals surface area contributed by atoms with Gasteiger partial charge in [-0.05, 0) is 29.8 Å². The second-order valence-corrected chi connectivity index (χ2v) is 6.85. The summed E-state index contributed by atoms with van der Waals surface area (Å²) in [4.78, 5) is 16.6. The van der Waals surface area contributed by atoms with Gasteiger partial charge in [0.1, 0.15) is 5.84 Å². The highest BCUT2D eigenvalue weighted by Crippen LogP contribution is 2.36. The van der Waals surface area contributed by atoms with Crippen LogP contribution in [0.1, 0.15) is 28.8 Å². The Bertz CT molecular complexity index is 872. The Morgan fingerprint density at radius 2 is 1.93 bits per heavy atom. The summed E-state index contributed by atoms with van der Waals surface area (Å²) in [6.45, 7) is 1.89. The number of benzene rings is 2. The van der Waals surface area contributed by atoms with Gasteiger partial charge in [-0.3, -0.25) is 4.99 Å². The number of carbonyl (C=O) groups excluding carboxylic acids is 1. The standard InChI is InChI=1S/C21H23N3O3/c1-26-19(25)16-6-4-5-15(13-16)14-22-20-21(9-11-27-12-10-21)24-18-8-3-2-7-17(18)23-20/h2-8,13,24H,9-12,14H2,1H3,(H,22,23). The van der Waals surface area contributed by atoms with Gasteiger partial charge in [-0.2, -0.15) is 0 Å². The minimum absolute atomic E-state index is 0.243. The van der Waals surface area contributed by atoms with Gasteiger partial charge in [0, 0.05) is 26.1 Å². The molecule has 0 radical (unpaired) electrons. The number of hydrogen-bond donors (Lipinski definition) is 2. The summed E-state index contributed by atoms with van der Waals surface area (Å²) in [6, 6.07) is 15.6. The van der Waals surface area contributed by atoms with E-state index in [2.05, 4.69) is 16.7 Å². The van der Waals surface area contributed by atoms with Crippen molar-refractivity contribution in [2.24, 2.45) is 4.99 Å². The fourth-order valence-electron chi connectivity index (χ4n) is 3.62. The number of methoxy groups -OCH3 is 1. The predicted octanol–water partition coefficient (Wildman–Crippen LogP) is 3.46. The van der Waals surface area contributed by atoms with Crippen LogP contribution in [0.3, 0.4) is 0 Å². The zero-order valence-electron chi connectivity index (χ0n) is 15.3. The van der Waals surface area contributed by atoms with Gasteiger partial charge >= 0.3 is 5.97 Å². The third-order valence-electron chi connectivity index (χ3n) is 5.12. The molecule has 4 rings (SSSR count). The first-order chi connectivity index (χ1) is 13.2. The van der Waals surface area contributed by atoms with Crippen LogP contribution in [0.15, 0.2) is 53.5 Å². The molecule has 2 aromatic carbocycles. The van der Waals surface area contributed by atoms with Crippen LogP contribution in [-0.2, 0) is 16.0 Å². The van der Waals surface area contributed by atoms with E-state index in [9.17, 15) is 4.79 Å². The minimum atomic E-state index is -0.336. The number of anilines is 2. The lowest BCUT2D eigenvalue weighted by Crippen LogP contribution is -2.55. The fraction of sp³-hybridized carbons (Fsp3) is 0.333. The average Bonchev–Trinajstić information content (AvgIpc) is 2.72. The molecule has 0 atom stereocenters. The quantitative estimate of drug-likeness (QED) is 0.815. The molecule has 2 aromatic rings. The van der Waals surface area contributed by atoms with Gasteiger partial charge in [0.05, 0.1) is 36.1 Å². The molecule has 0 amide bonds. The second kappa shape index (κ2) is 7.40. The Balaban J connectivity index is 1.63. The van der Waals surface area contributed by atoms with E-state index >= 15 is 0 Å². The second-order valence-electron chi connectivity index (χ2n) is 6.85. The van der Waals surface area contributed by atoms with Crippen LogP contribution >= 0.6 is 0 Å². The number of rotatable bonds is 3. The number of carbonyl (C=O) groups is 1. The van der Waals surface area contributed by atoms with Crippen molar-refractivity contribution >= 4 is 23.2 Å². The van der Waals surface area contributed by atoms with Gasteiger partial charge in [0.2, 0.25) is 0 Å². The Morgan fingerprint density at radius 1 is 1.15 bits per heavy atom. The fourth-order valence-corrected chi connectivity index (χ4v) is 3.62. The molecule has 0 aliphatic carbocycles. The van der Waals surface area contributed by atoms with Crippen molar-refractivity contribution in [1.29, 1.82) is 0 Å². The van der Waals surface area contributed by atoms with Crippen LogP contribution in [0.5, 0.6) is 0 Å². The number of esters is 1. The van der Waals surface area contributed by atoms with Gasteiger partial charge in [0.15, 0.2) is 0 Å². The largest absolute Gasteiger partial charge is 0.465 e. The molecular formula is C21H23N3O3. The molecule has 2 aliphatic heterocycles. The molecule has 1 spiro atoms. The van der Waals surface area contributed by atoms with E-state index in [-0.39, 0.29) is 11.5 Å². The maximum absolute atomic E-state index is 11.8. The maximum atomic E-state index is 11.8. The smallest absolute Gasteiger partial charge is 0.337 e. The summed E-state index contributed by atoms with van der Waals surface area (Å²) in [5, 5.41) is 7.21. The average molecular weight is 365 g/mol. The SMILES string of the molecule is COC(=O)c1cccc(CN=C2Nc3ccccc3NC23CCOCC3)c1. The van der Waals surface area contributed by atoms with E-state index in [1.807, 2.05) is 36.4 Å². The highest BCUT2D eigenvalue weighted by atomic mass is 16.5. The molecule has 0 aromatic heterocycles. The van der Waals surface area contributed by atoms with Crippen molar-refractivity contribution in [3.8, 4) is 0 Å². The molecule has 0 saturated carbocycles. The Kier molecular flexibility index (Phi) is 4.81. The van der Waals surface area contributed by atoms with E-state index in [1.54, 1.807) is 6.07 Å². The molecule has 6 heteroatoms. The van der Waals surface area contributed by atoms with Gasteiger partial charge in [-0.25, -0.2) is 4.79 Å². The summed E-state index contributed by atoms with van der Waals surface area (Å²) < 4.78 is 10.4. The van der Waals surface area contributed by atoms with Crippen molar-refractivity contribution in [3.05, 3.63) is 59.7 Å². The number of aliphatic imine (C=N–C) groups is 1. The number of ether oxygens (including phenoxy) is 2. The molecule has 6 nitrogen and oxygen atoms in total. The van der Waals surface area contributed by atoms with Gasteiger partial charge in [0.25, 0.3) is 0 Å². The molecule has 0 unspecified atom stereocenters. The summed E-state index contributed by atoms with van der Waals surface area (Å²) in [5.41, 5.74) is 3.37. The lowest BCUT2D eigenvalue weighted by atomic mass is 9.86. The summed E-state index contributed by atoms with van der Waals surface area (Å²) in [7, 11) is 1.39. The van der Waals surface area contributed by atoms with Crippen molar-refractivity contribution < 1.29 is 14.3 Å². The van der Waals surface area contributed by atoms with E-state index in [1.165, 1.54) is 7.11 Å². The maximum Gasteiger partial charge on any atom is 0.337 e. The first-order valence-corrected chi connectivity index (χ1v) is 9.14. The predicted molar refractivity (Wildman–Crippen MR) is 105 cm³/mol. The van der Waals surface area contributed by atoms with E-state index in [0.29, 0.717) is 25.3 Å². The number of nitrogens with zero attached hydrogens (tertiary/aromatic N) is 1. The summed E-state index contributed by atoms with van der Waals surface area (Å²) in [6.07, 6.45) is 1.71. The van der Waals surface area contributed by atoms with E-state index in [0.717, 1.165) is 35.6 Å². The molecule has 1 fully saturated rings. The van der Waals surface area contributed by atoms with Crippen LogP contribution in [0.2, 0.25) is 0 Å². The minimum Gasteiger partial charge on any atom is -0.465 e. The summed E-state index contributed by atoms with van der Waals surface area (Å²) in [5.74, 6) is 0.588. The summed E-state index contributed by atoms with van der Waals surface area (Å²) >= 11 is 0. The zero-order chi connectivity index (χ0) is 18.7. The lowest BCUT2D eigenvalue weighted by molar-refractivity contribution is 0.0600. The van der Waals surface area contributed by atoms with E-state index in [4.69, 9.17) is 14.5 Å². The Morgan fingerprint density at radius 3 is 2.70 bits per heavy atom. The Hall–Kier alpha value is -2.86. The number of hydrogen-bond acceptors (Lipinski definition) is 5. The highest BCUT2D eigenvalue weighted by molar-refractivity contribution is 6.09. The molecule has 2 N–H and O–H groups in total. The van der Waals surface area contributed by atoms with E-state index < -0.39 is 0 Å². The Labute approximate surface area is 158 Å². The van der Waals surface area contributed by atoms with Crippen molar-refractivity contribution in [2.75, 3.05) is 31.0 Å². The molecule has 2 aliphatic rings. The van der Waals surface area contributed by atoms with Crippen molar-refractivity contribution in [1.82, 2.24) is 0 Å². The normalized spacial score (nSPS) is 19.1. The number of amidine groups is 1. The van der Waals surface area contributed by atoms with Crippen LogP contribution in [0.4, 0.5) is 11.4 Å². The van der Waals surface area contributed by atoms with Crippen LogP contribution in [0.25, 0.3) is 0 Å². The van der Waals surface area contributed by atoms with Gasteiger partial charge < -0.3 is 20.1 Å². The molecular weight excluding hydrogens is 342 g/mol. The zero-order valence-corrected chi connectivity index (χ0v) is 15.3. The molecule has 27 heavy (non-hydrogen) atoms. The van der Waals surface area contributed by atoms with Crippen molar-refractivity contribution in [3.63, 3.8) is 0 Å². The highest BCUT2D eigenvalue weighted by Gasteiger charge is 2.41. The lowest BCUT2D eigenvalue weighted by Gasteiger charge is -2.43. The number of para-hydroxylation sites is 2. The number of nitrogens with one attached hydrogen (secondary N) is 2. The van der Waals surface area contributed by atoms with Gasteiger partial charge in [-0.1, -0.05) is 24.3 Å². The topological polar surface area (TPSA) is 72.0 Å². The third-order valence-corrected chi connectivity index (χ3v) is 5.12. The van der Waals surface area contributed by atoms with Crippen LogP contribution in [-0.4, -0.2) is 37.7 Å². The first-order valence-electron chi connectivity index (χ1n) is 9.14. The number of fused-ring (bicyclic) bond motifs is 1. The first kappa shape index (κ1) is 17.5. The molecule has 1 saturated heterocycles. The molecule has 140 valence electrons. The monoisotopic (exact) mass is 365 g/mol. The van der Waals surface area contributed by atoms with Gasteiger partial charge in [-0.15, -0.1) is 0 Å². The molecule has 2 heterocycles. The third kappa shape index (κ3) is 3.53. The van der Waals surface area contributed by atoms with Crippen molar-refractivity contribution in [2.45, 2.75) is 24.9 Å².